The summed E-state index contributed by atoms with van der Waals surface area (Å²) in [5.74, 6) is -3.01. The molecule has 23 heavy (non-hydrogen) atoms. The van der Waals surface area contributed by atoms with Crippen LogP contribution < -0.4 is 5.73 Å². The maximum absolute atomic E-state index is 11.3. The molecule has 0 atom stereocenters. The van der Waals surface area contributed by atoms with Crippen LogP contribution in [0.5, 0.6) is 0 Å². The summed E-state index contributed by atoms with van der Waals surface area (Å²) in [5, 5.41) is 18.2. The van der Waals surface area contributed by atoms with Crippen LogP contribution in [0.2, 0.25) is 0 Å². The standard InChI is InChI=1S/C17H12N2O4/c18-13(16(20)21)15(17(22)23)19-14-11-7-3-1-5-9(11)10-6-2-4-8-12(10)14/h1-8H,18H2,(H,20,21)(H,22,23)/b15-13-. The smallest absolute Gasteiger partial charge is 0.356 e. The highest BCUT2D eigenvalue weighted by Gasteiger charge is 2.26. The molecule has 4 N–H and O–H groups in total. The highest BCUT2D eigenvalue weighted by molar-refractivity contribution is 6.25. The van der Waals surface area contributed by atoms with E-state index >= 15 is 0 Å². The molecule has 0 radical (unpaired) electrons. The zero-order chi connectivity index (χ0) is 16.6. The van der Waals surface area contributed by atoms with E-state index in [1.54, 1.807) is 0 Å². The number of rotatable bonds is 3. The zero-order valence-corrected chi connectivity index (χ0v) is 11.9. The molecule has 0 saturated carbocycles. The first kappa shape index (κ1) is 14.5. The molecule has 2 aromatic carbocycles. The summed E-state index contributed by atoms with van der Waals surface area (Å²) < 4.78 is 0. The van der Waals surface area contributed by atoms with Crippen LogP contribution in [-0.2, 0) is 9.59 Å². The summed E-state index contributed by atoms with van der Waals surface area (Å²) in [7, 11) is 0. The number of hydrogen-bond acceptors (Lipinski definition) is 4. The van der Waals surface area contributed by atoms with Crippen molar-refractivity contribution in [2.24, 2.45) is 10.7 Å². The van der Waals surface area contributed by atoms with Crippen LogP contribution in [0.3, 0.4) is 0 Å². The lowest BCUT2D eigenvalue weighted by Crippen LogP contribution is -2.18. The van der Waals surface area contributed by atoms with Crippen LogP contribution in [0, 0.1) is 0 Å². The van der Waals surface area contributed by atoms with Crippen LogP contribution in [0.15, 0.2) is 64.9 Å². The van der Waals surface area contributed by atoms with Crippen molar-refractivity contribution < 1.29 is 19.8 Å². The van der Waals surface area contributed by atoms with Gasteiger partial charge in [-0.25, -0.2) is 14.6 Å². The van der Waals surface area contributed by atoms with E-state index < -0.39 is 23.3 Å². The second-order valence-electron chi connectivity index (χ2n) is 4.92. The largest absolute Gasteiger partial charge is 0.477 e. The van der Waals surface area contributed by atoms with Gasteiger partial charge in [0, 0.05) is 11.1 Å². The monoisotopic (exact) mass is 308 g/mol. The van der Waals surface area contributed by atoms with Gasteiger partial charge in [-0.3, -0.25) is 0 Å². The van der Waals surface area contributed by atoms with Crippen LogP contribution in [0.1, 0.15) is 11.1 Å². The fraction of sp³-hybridized carbons (Fsp3) is 0. The zero-order valence-electron chi connectivity index (χ0n) is 11.9. The average Bonchev–Trinajstić information content (AvgIpc) is 2.86. The number of carboxylic acids is 2. The van der Waals surface area contributed by atoms with Gasteiger partial charge in [0.25, 0.3) is 0 Å². The van der Waals surface area contributed by atoms with Gasteiger partial charge in [-0.1, -0.05) is 48.5 Å². The number of carbonyl (C=O) groups is 2. The number of aliphatic imine (C=N–C) groups is 1. The molecule has 0 heterocycles. The molecule has 3 rings (SSSR count). The predicted octanol–water partition coefficient (Wildman–Crippen LogP) is 1.84. The molecule has 6 nitrogen and oxygen atoms in total. The van der Waals surface area contributed by atoms with Crippen molar-refractivity contribution in [3.8, 4) is 11.1 Å². The number of carboxylic acid groups (broad SMARTS) is 2. The van der Waals surface area contributed by atoms with Gasteiger partial charge in [0.15, 0.2) is 11.4 Å². The van der Waals surface area contributed by atoms with Crippen LogP contribution in [-0.4, -0.2) is 27.9 Å². The molecular formula is C17H12N2O4. The quantitative estimate of drug-likeness (QED) is 0.639. The number of nitrogens with zero attached hydrogens (tertiary/aromatic N) is 1. The van der Waals surface area contributed by atoms with Gasteiger partial charge in [-0.05, 0) is 11.1 Å². The number of nitrogens with two attached hydrogens (primary N) is 1. The Bertz CT molecular complexity index is 849. The van der Waals surface area contributed by atoms with E-state index in [2.05, 4.69) is 4.99 Å². The molecule has 6 heteroatoms. The van der Waals surface area contributed by atoms with Crippen molar-refractivity contribution >= 4 is 17.7 Å². The van der Waals surface area contributed by atoms with E-state index in [0.29, 0.717) is 5.71 Å². The summed E-state index contributed by atoms with van der Waals surface area (Å²) in [6.07, 6.45) is 0. The first-order valence-corrected chi connectivity index (χ1v) is 6.75. The third kappa shape index (κ3) is 2.36. The third-order valence-corrected chi connectivity index (χ3v) is 3.57. The lowest BCUT2D eigenvalue weighted by Gasteiger charge is -2.04. The van der Waals surface area contributed by atoms with Crippen molar-refractivity contribution in [3.63, 3.8) is 0 Å². The van der Waals surface area contributed by atoms with E-state index in [1.165, 1.54) is 0 Å². The lowest BCUT2D eigenvalue weighted by atomic mass is 10.1. The maximum atomic E-state index is 11.3. The Labute approximate surface area is 131 Å². The van der Waals surface area contributed by atoms with Gasteiger partial charge < -0.3 is 15.9 Å². The summed E-state index contributed by atoms with van der Waals surface area (Å²) in [5.41, 5.74) is 7.61. The molecule has 0 bridgehead atoms. The molecule has 0 spiro atoms. The summed E-state index contributed by atoms with van der Waals surface area (Å²) in [6, 6.07) is 14.8. The Morgan fingerprint density at radius 2 is 1.22 bits per heavy atom. The second kappa shape index (κ2) is 5.42. The Balaban J connectivity index is 2.29. The molecule has 1 aliphatic carbocycles. The normalized spacial score (nSPS) is 13.0. The van der Waals surface area contributed by atoms with Crippen molar-refractivity contribution in [1.82, 2.24) is 0 Å². The summed E-state index contributed by atoms with van der Waals surface area (Å²) in [4.78, 5) is 26.4. The molecular weight excluding hydrogens is 296 g/mol. The van der Waals surface area contributed by atoms with Gasteiger partial charge in [0.05, 0.1) is 5.71 Å². The SMILES string of the molecule is N/C(C(=O)O)=C(\N=C1c2ccccc2-c2ccccc21)C(=O)O. The Kier molecular flexibility index (Phi) is 3.42. The minimum Gasteiger partial charge on any atom is -0.477 e. The van der Waals surface area contributed by atoms with Crippen molar-refractivity contribution in [2.75, 3.05) is 0 Å². The molecule has 0 unspecified atom stereocenters. The van der Waals surface area contributed by atoms with E-state index in [9.17, 15) is 14.7 Å². The van der Waals surface area contributed by atoms with Crippen molar-refractivity contribution in [3.05, 3.63) is 71.1 Å². The molecule has 1 aliphatic rings. The van der Waals surface area contributed by atoms with Crippen LogP contribution in [0.4, 0.5) is 0 Å². The van der Waals surface area contributed by atoms with Gasteiger partial charge in [-0.2, -0.15) is 0 Å². The third-order valence-electron chi connectivity index (χ3n) is 3.57. The Hall–Kier alpha value is -3.41. The van der Waals surface area contributed by atoms with E-state index in [-0.39, 0.29) is 0 Å². The van der Waals surface area contributed by atoms with Gasteiger partial charge in [-0.15, -0.1) is 0 Å². The topological polar surface area (TPSA) is 113 Å². The minimum atomic E-state index is -1.52. The Morgan fingerprint density at radius 1 is 0.783 bits per heavy atom. The second-order valence-corrected chi connectivity index (χ2v) is 4.92. The number of aliphatic carboxylic acids is 2. The van der Waals surface area contributed by atoms with Crippen molar-refractivity contribution in [1.29, 1.82) is 0 Å². The molecule has 0 amide bonds. The molecule has 0 fully saturated rings. The first-order valence-electron chi connectivity index (χ1n) is 6.75. The summed E-state index contributed by atoms with van der Waals surface area (Å²) >= 11 is 0. The molecule has 114 valence electrons. The van der Waals surface area contributed by atoms with E-state index in [0.717, 1.165) is 22.3 Å². The molecule has 0 aliphatic heterocycles. The highest BCUT2D eigenvalue weighted by atomic mass is 16.4. The van der Waals surface area contributed by atoms with Crippen LogP contribution in [0.25, 0.3) is 11.1 Å². The van der Waals surface area contributed by atoms with Gasteiger partial charge >= 0.3 is 11.9 Å². The molecule has 0 aromatic heterocycles. The van der Waals surface area contributed by atoms with Crippen LogP contribution >= 0.6 is 0 Å². The van der Waals surface area contributed by atoms with E-state index in [4.69, 9.17) is 10.8 Å². The maximum Gasteiger partial charge on any atom is 0.356 e. The number of benzene rings is 2. The molecule has 2 aromatic rings. The fourth-order valence-electron chi connectivity index (χ4n) is 2.55. The predicted molar refractivity (Wildman–Crippen MR) is 84.0 cm³/mol. The molecule has 0 saturated heterocycles. The van der Waals surface area contributed by atoms with E-state index in [1.807, 2.05) is 48.5 Å². The first-order chi connectivity index (χ1) is 11.0. The van der Waals surface area contributed by atoms with Gasteiger partial charge in [0.2, 0.25) is 0 Å². The lowest BCUT2D eigenvalue weighted by molar-refractivity contribution is -0.136. The van der Waals surface area contributed by atoms with Gasteiger partial charge in [0.1, 0.15) is 0 Å². The number of fused-ring (bicyclic) bond motifs is 3. The number of hydrogen-bond donors (Lipinski definition) is 3. The van der Waals surface area contributed by atoms with Crippen molar-refractivity contribution in [2.45, 2.75) is 0 Å². The minimum absolute atomic E-state index is 0.401. The average molecular weight is 308 g/mol. The fourth-order valence-corrected chi connectivity index (χ4v) is 2.55. The Morgan fingerprint density at radius 3 is 1.61 bits per heavy atom. The summed E-state index contributed by atoms with van der Waals surface area (Å²) in [6.45, 7) is 0. The highest BCUT2D eigenvalue weighted by Crippen LogP contribution is 2.37.